The fraction of sp³-hybridized carbons (Fsp3) is 0.412. The lowest BCUT2D eigenvalue weighted by Gasteiger charge is -2.17. The van der Waals surface area contributed by atoms with Gasteiger partial charge in [0, 0.05) is 42.7 Å². The van der Waals surface area contributed by atoms with Gasteiger partial charge in [0.15, 0.2) is 0 Å². The van der Waals surface area contributed by atoms with E-state index in [9.17, 15) is 0 Å². The summed E-state index contributed by atoms with van der Waals surface area (Å²) in [5, 5.41) is 8.59. The summed E-state index contributed by atoms with van der Waals surface area (Å²) in [6.07, 6.45) is 2.00. The SMILES string of the molecule is CC1=NC/C(=C\N(C)C)C(=N)c2c1cc(C)c(C)c2C. The van der Waals surface area contributed by atoms with E-state index in [1.165, 1.54) is 16.7 Å². The molecule has 1 aromatic rings. The van der Waals surface area contributed by atoms with Gasteiger partial charge < -0.3 is 4.90 Å². The van der Waals surface area contributed by atoms with Gasteiger partial charge in [-0.3, -0.25) is 10.4 Å². The summed E-state index contributed by atoms with van der Waals surface area (Å²) in [4.78, 5) is 6.62. The van der Waals surface area contributed by atoms with Crippen molar-refractivity contribution in [2.24, 2.45) is 4.99 Å². The normalized spacial score (nSPS) is 16.8. The lowest BCUT2D eigenvalue weighted by atomic mass is 9.88. The van der Waals surface area contributed by atoms with Gasteiger partial charge in [-0.1, -0.05) is 0 Å². The highest BCUT2D eigenvalue weighted by Crippen LogP contribution is 2.27. The van der Waals surface area contributed by atoms with Crippen LogP contribution in [0.15, 0.2) is 22.8 Å². The molecule has 20 heavy (non-hydrogen) atoms. The van der Waals surface area contributed by atoms with Gasteiger partial charge >= 0.3 is 0 Å². The highest BCUT2D eigenvalue weighted by atomic mass is 15.0. The molecule has 3 heteroatoms. The van der Waals surface area contributed by atoms with Crippen LogP contribution in [-0.4, -0.2) is 37.0 Å². The molecular weight excluding hydrogens is 246 g/mol. The molecule has 1 aliphatic heterocycles. The Morgan fingerprint density at radius 3 is 2.40 bits per heavy atom. The molecule has 0 spiro atoms. The van der Waals surface area contributed by atoms with E-state index in [1.54, 1.807) is 0 Å². The van der Waals surface area contributed by atoms with Crippen molar-refractivity contribution in [3.63, 3.8) is 0 Å². The highest BCUT2D eigenvalue weighted by Gasteiger charge is 2.21. The molecule has 0 radical (unpaired) electrons. The van der Waals surface area contributed by atoms with E-state index in [0.29, 0.717) is 12.3 Å². The van der Waals surface area contributed by atoms with Crippen molar-refractivity contribution in [2.75, 3.05) is 20.6 Å². The van der Waals surface area contributed by atoms with Gasteiger partial charge in [0.25, 0.3) is 0 Å². The first-order valence-electron chi connectivity index (χ1n) is 6.91. The Morgan fingerprint density at radius 2 is 1.80 bits per heavy atom. The summed E-state index contributed by atoms with van der Waals surface area (Å²) >= 11 is 0. The largest absolute Gasteiger partial charge is 0.383 e. The number of nitrogens with one attached hydrogen (secondary N) is 1. The van der Waals surface area contributed by atoms with E-state index >= 15 is 0 Å². The fourth-order valence-electron chi connectivity index (χ4n) is 2.64. The molecule has 1 aromatic carbocycles. The first kappa shape index (κ1) is 14.5. The number of hydrogen-bond donors (Lipinski definition) is 1. The van der Waals surface area contributed by atoms with E-state index in [4.69, 9.17) is 5.41 Å². The predicted molar refractivity (Wildman–Crippen MR) is 86.3 cm³/mol. The molecule has 0 bridgehead atoms. The zero-order valence-electron chi connectivity index (χ0n) is 13.3. The fourth-order valence-corrected chi connectivity index (χ4v) is 2.64. The molecule has 0 atom stereocenters. The molecule has 0 unspecified atom stereocenters. The highest BCUT2D eigenvalue weighted by molar-refractivity contribution is 6.20. The van der Waals surface area contributed by atoms with E-state index in [0.717, 1.165) is 22.4 Å². The van der Waals surface area contributed by atoms with Crippen molar-refractivity contribution in [3.8, 4) is 0 Å². The number of aliphatic imine (C=N–C) groups is 1. The summed E-state index contributed by atoms with van der Waals surface area (Å²) < 4.78 is 0. The summed E-state index contributed by atoms with van der Waals surface area (Å²) in [7, 11) is 3.96. The number of hydrogen-bond acceptors (Lipinski definition) is 3. The van der Waals surface area contributed by atoms with E-state index in [-0.39, 0.29) is 0 Å². The smallest absolute Gasteiger partial charge is 0.0686 e. The van der Waals surface area contributed by atoms with Gasteiger partial charge in [-0.05, 0) is 50.5 Å². The van der Waals surface area contributed by atoms with Crippen LogP contribution in [0.4, 0.5) is 0 Å². The average molecular weight is 269 g/mol. The van der Waals surface area contributed by atoms with Crippen LogP contribution in [-0.2, 0) is 0 Å². The molecule has 1 heterocycles. The molecule has 1 N–H and O–H groups in total. The van der Waals surface area contributed by atoms with Crippen molar-refractivity contribution >= 4 is 11.4 Å². The topological polar surface area (TPSA) is 39.5 Å². The molecule has 0 amide bonds. The Hall–Kier alpha value is -1.90. The van der Waals surface area contributed by atoms with Gasteiger partial charge in [-0.25, -0.2) is 0 Å². The van der Waals surface area contributed by atoms with Crippen LogP contribution in [0.1, 0.15) is 34.7 Å². The van der Waals surface area contributed by atoms with Gasteiger partial charge in [0.2, 0.25) is 0 Å². The van der Waals surface area contributed by atoms with Crippen LogP contribution in [0.3, 0.4) is 0 Å². The minimum Gasteiger partial charge on any atom is -0.383 e. The molecule has 0 saturated carbocycles. The molecule has 2 rings (SSSR count). The summed E-state index contributed by atoms with van der Waals surface area (Å²) in [6, 6.07) is 2.17. The van der Waals surface area contributed by atoms with Gasteiger partial charge in [-0.15, -0.1) is 0 Å². The lowest BCUT2D eigenvalue weighted by Crippen LogP contribution is -2.14. The van der Waals surface area contributed by atoms with Crippen molar-refractivity contribution in [3.05, 3.63) is 45.7 Å². The number of rotatable bonds is 1. The monoisotopic (exact) mass is 269 g/mol. The predicted octanol–water partition coefficient (Wildman–Crippen LogP) is 3.25. The van der Waals surface area contributed by atoms with Crippen LogP contribution < -0.4 is 0 Å². The molecule has 0 saturated heterocycles. The first-order valence-corrected chi connectivity index (χ1v) is 6.91. The standard InChI is InChI=1S/C17H23N3/c1-10-7-15-13(4)19-8-14(9-20(5)6)17(18)16(15)12(3)11(10)2/h7,9,18H,8H2,1-6H3/b14-9+,18-17?. The maximum atomic E-state index is 8.59. The Bertz CT molecular complexity index is 634. The molecule has 0 fully saturated rings. The third-order valence-corrected chi connectivity index (χ3v) is 4.02. The number of fused-ring (bicyclic) bond motifs is 1. The first-order chi connectivity index (χ1) is 9.32. The molecule has 1 aliphatic rings. The number of benzene rings is 1. The van der Waals surface area contributed by atoms with E-state index in [2.05, 4.69) is 31.8 Å². The summed E-state index contributed by atoms with van der Waals surface area (Å²) in [6.45, 7) is 8.99. The second-order valence-corrected chi connectivity index (χ2v) is 5.76. The van der Waals surface area contributed by atoms with Crippen molar-refractivity contribution in [2.45, 2.75) is 27.7 Å². The van der Waals surface area contributed by atoms with Gasteiger partial charge in [-0.2, -0.15) is 0 Å². The number of nitrogens with zero attached hydrogens (tertiary/aromatic N) is 2. The maximum absolute atomic E-state index is 8.59. The molecule has 3 nitrogen and oxygen atoms in total. The minimum atomic E-state index is 0.578. The third kappa shape index (κ3) is 2.40. The summed E-state index contributed by atoms with van der Waals surface area (Å²) in [5.41, 5.74) is 8.49. The van der Waals surface area contributed by atoms with E-state index in [1.807, 2.05) is 32.1 Å². The zero-order chi connectivity index (χ0) is 15.0. The Kier molecular flexibility index (Phi) is 3.80. The molecule has 0 aromatic heterocycles. The Morgan fingerprint density at radius 1 is 1.15 bits per heavy atom. The van der Waals surface area contributed by atoms with Gasteiger partial charge in [0.05, 0.1) is 12.3 Å². The summed E-state index contributed by atoms with van der Waals surface area (Å²) in [5.74, 6) is 0. The average Bonchev–Trinajstić information content (AvgIpc) is 2.48. The van der Waals surface area contributed by atoms with Crippen molar-refractivity contribution < 1.29 is 0 Å². The second-order valence-electron chi connectivity index (χ2n) is 5.76. The zero-order valence-corrected chi connectivity index (χ0v) is 13.3. The van der Waals surface area contributed by atoms with Crippen molar-refractivity contribution in [1.82, 2.24) is 4.90 Å². The Labute approximate surface area is 121 Å². The second kappa shape index (κ2) is 5.23. The minimum absolute atomic E-state index is 0.578. The van der Waals surface area contributed by atoms with Crippen LogP contribution in [0.25, 0.3) is 0 Å². The van der Waals surface area contributed by atoms with Crippen molar-refractivity contribution in [1.29, 1.82) is 5.41 Å². The van der Waals surface area contributed by atoms with Gasteiger partial charge in [0.1, 0.15) is 0 Å². The Balaban J connectivity index is 2.73. The molecule has 106 valence electrons. The quantitative estimate of drug-likeness (QED) is 0.835. The lowest BCUT2D eigenvalue weighted by molar-refractivity contribution is 0.559. The maximum Gasteiger partial charge on any atom is 0.0686 e. The molecule has 0 aliphatic carbocycles. The molecular formula is C17H23N3. The van der Waals surface area contributed by atoms with Crippen LogP contribution in [0.5, 0.6) is 0 Å². The van der Waals surface area contributed by atoms with Crippen LogP contribution in [0, 0.1) is 26.2 Å². The van der Waals surface area contributed by atoms with Crippen LogP contribution >= 0.6 is 0 Å². The van der Waals surface area contributed by atoms with Crippen LogP contribution in [0.2, 0.25) is 0 Å². The number of aryl methyl sites for hydroxylation is 1. The van der Waals surface area contributed by atoms with E-state index < -0.39 is 0 Å². The third-order valence-electron chi connectivity index (χ3n) is 4.02.